The van der Waals surface area contributed by atoms with Gasteiger partial charge in [-0.25, -0.2) is 4.98 Å². The Morgan fingerprint density at radius 3 is 2.94 bits per heavy atom. The molecule has 6 nitrogen and oxygen atoms in total. The number of hydrogen-bond donors (Lipinski definition) is 1. The van der Waals surface area contributed by atoms with Crippen molar-refractivity contribution in [1.82, 2.24) is 15.0 Å². The van der Waals surface area contributed by atoms with Crippen molar-refractivity contribution in [3.8, 4) is 11.5 Å². The van der Waals surface area contributed by atoms with Crippen LogP contribution in [-0.4, -0.2) is 15.0 Å². The van der Waals surface area contributed by atoms with Crippen molar-refractivity contribution in [1.29, 1.82) is 0 Å². The predicted molar refractivity (Wildman–Crippen MR) is 68.1 cm³/mol. The lowest BCUT2D eigenvalue weighted by Gasteiger charge is -1.92. The highest BCUT2D eigenvalue weighted by atomic mass is 15.1. The fourth-order valence-electron chi connectivity index (χ4n) is 1.74. The third-order valence-electron chi connectivity index (χ3n) is 2.53. The van der Waals surface area contributed by atoms with Crippen molar-refractivity contribution in [2.45, 2.75) is 0 Å². The minimum atomic E-state index is 0.557. The van der Waals surface area contributed by atoms with Gasteiger partial charge < -0.3 is 4.98 Å². The van der Waals surface area contributed by atoms with E-state index in [0.29, 0.717) is 11.5 Å². The number of nitrogens with zero attached hydrogens (tertiary/aromatic N) is 5. The Bertz CT molecular complexity index is 740. The Kier molecular flexibility index (Phi) is 2.40. The molecular weight excluding hydrogens is 228 g/mol. The Morgan fingerprint density at radius 1 is 1.22 bits per heavy atom. The van der Waals surface area contributed by atoms with Gasteiger partial charge in [0.15, 0.2) is 5.82 Å². The van der Waals surface area contributed by atoms with E-state index >= 15 is 0 Å². The molecule has 1 aromatic carbocycles. The SMILES string of the molecule is [N-]=[N+]=Nc1ccc2nc(-c3ccccn3)[nH]c2c1. The van der Waals surface area contributed by atoms with Crippen molar-refractivity contribution < 1.29 is 0 Å². The minimum absolute atomic E-state index is 0.557. The normalized spacial score (nSPS) is 10.2. The molecule has 0 aliphatic rings. The van der Waals surface area contributed by atoms with Gasteiger partial charge in [0, 0.05) is 16.8 Å². The van der Waals surface area contributed by atoms with Crippen molar-refractivity contribution in [3.05, 3.63) is 53.0 Å². The third-order valence-corrected chi connectivity index (χ3v) is 2.53. The second kappa shape index (κ2) is 4.20. The molecule has 0 spiro atoms. The van der Waals surface area contributed by atoms with Crippen LogP contribution < -0.4 is 0 Å². The first-order valence-corrected chi connectivity index (χ1v) is 5.33. The average Bonchev–Trinajstić information content (AvgIpc) is 2.83. The maximum atomic E-state index is 8.40. The number of benzene rings is 1. The average molecular weight is 236 g/mol. The highest BCUT2D eigenvalue weighted by Crippen LogP contribution is 2.22. The second-order valence-electron chi connectivity index (χ2n) is 3.69. The molecule has 0 atom stereocenters. The largest absolute Gasteiger partial charge is 0.337 e. The number of H-pyrrole nitrogens is 1. The van der Waals surface area contributed by atoms with Gasteiger partial charge in [-0.2, -0.15) is 0 Å². The Balaban J connectivity index is 2.14. The molecule has 86 valence electrons. The van der Waals surface area contributed by atoms with Crippen LogP contribution in [0.1, 0.15) is 0 Å². The molecule has 3 aromatic rings. The van der Waals surface area contributed by atoms with Crippen LogP contribution in [-0.2, 0) is 0 Å². The van der Waals surface area contributed by atoms with Crippen LogP contribution in [0.15, 0.2) is 47.7 Å². The summed E-state index contributed by atoms with van der Waals surface area (Å²) >= 11 is 0. The minimum Gasteiger partial charge on any atom is -0.337 e. The molecule has 0 aliphatic carbocycles. The first kappa shape index (κ1) is 10.3. The van der Waals surface area contributed by atoms with Crippen LogP contribution in [0.4, 0.5) is 5.69 Å². The Hall–Kier alpha value is -2.85. The summed E-state index contributed by atoms with van der Waals surface area (Å²) < 4.78 is 0. The number of fused-ring (bicyclic) bond motifs is 1. The summed E-state index contributed by atoms with van der Waals surface area (Å²) in [5, 5.41) is 3.56. The molecule has 0 amide bonds. The van der Waals surface area contributed by atoms with Gasteiger partial charge in [0.25, 0.3) is 0 Å². The van der Waals surface area contributed by atoms with E-state index in [1.165, 1.54) is 0 Å². The molecule has 0 radical (unpaired) electrons. The first-order valence-electron chi connectivity index (χ1n) is 5.33. The molecule has 1 N–H and O–H groups in total. The molecule has 18 heavy (non-hydrogen) atoms. The molecule has 0 saturated heterocycles. The monoisotopic (exact) mass is 236 g/mol. The number of hydrogen-bond acceptors (Lipinski definition) is 3. The van der Waals surface area contributed by atoms with Crippen LogP contribution in [0.2, 0.25) is 0 Å². The molecular formula is C12H8N6. The van der Waals surface area contributed by atoms with E-state index in [4.69, 9.17) is 5.53 Å². The van der Waals surface area contributed by atoms with Gasteiger partial charge in [-0.3, -0.25) is 4.98 Å². The van der Waals surface area contributed by atoms with Gasteiger partial charge in [-0.15, -0.1) is 0 Å². The molecule has 0 unspecified atom stereocenters. The summed E-state index contributed by atoms with van der Waals surface area (Å²) in [4.78, 5) is 14.6. The van der Waals surface area contributed by atoms with Crippen molar-refractivity contribution >= 4 is 16.7 Å². The zero-order chi connectivity index (χ0) is 12.4. The van der Waals surface area contributed by atoms with Gasteiger partial charge >= 0.3 is 0 Å². The molecule has 0 fully saturated rings. The fourth-order valence-corrected chi connectivity index (χ4v) is 1.74. The zero-order valence-electron chi connectivity index (χ0n) is 9.28. The van der Waals surface area contributed by atoms with E-state index in [2.05, 4.69) is 25.0 Å². The van der Waals surface area contributed by atoms with E-state index in [9.17, 15) is 0 Å². The predicted octanol–water partition coefficient (Wildman–Crippen LogP) is 3.57. The quantitative estimate of drug-likeness (QED) is 0.418. The third kappa shape index (κ3) is 1.77. The van der Waals surface area contributed by atoms with E-state index in [0.717, 1.165) is 16.7 Å². The van der Waals surface area contributed by atoms with E-state index in [1.807, 2.05) is 24.3 Å². The lowest BCUT2D eigenvalue weighted by Crippen LogP contribution is -1.82. The van der Waals surface area contributed by atoms with Crippen LogP contribution in [0.25, 0.3) is 33.0 Å². The van der Waals surface area contributed by atoms with Gasteiger partial charge in [0.1, 0.15) is 5.69 Å². The molecule has 3 rings (SSSR count). The van der Waals surface area contributed by atoms with Gasteiger partial charge in [-0.1, -0.05) is 17.2 Å². The van der Waals surface area contributed by atoms with Crippen LogP contribution in [0.5, 0.6) is 0 Å². The van der Waals surface area contributed by atoms with Crippen LogP contribution in [0.3, 0.4) is 0 Å². The molecule has 0 bridgehead atoms. The van der Waals surface area contributed by atoms with E-state index in [1.54, 1.807) is 18.3 Å². The lowest BCUT2D eigenvalue weighted by molar-refractivity contribution is 1.24. The van der Waals surface area contributed by atoms with E-state index in [-0.39, 0.29) is 0 Å². The maximum Gasteiger partial charge on any atom is 0.157 e. The molecule has 2 heterocycles. The number of pyridine rings is 1. The van der Waals surface area contributed by atoms with Crippen LogP contribution in [0, 0.1) is 0 Å². The van der Waals surface area contributed by atoms with Gasteiger partial charge in [-0.05, 0) is 29.8 Å². The number of imidazole rings is 1. The fraction of sp³-hybridized carbons (Fsp3) is 0. The summed E-state index contributed by atoms with van der Waals surface area (Å²) in [6, 6.07) is 10.9. The van der Waals surface area contributed by atoms with Crippen molar-refractivity contribution in [2.24, 2.45) is 5.11 Å². The summed E-state index contributed by atoms with van der Waals surface area (Å²) in [5.41, 5.74) is 11.4. The topological polar surface area (TPSA) is 90.3 Å². The highest BCUT2D eigenvalue weighted by Gasteiger charge is 2.05. The maximum absolute atomic E-state index is 8.40. The smallest absolute Gasteiger partial charge is 0.157 e. The van der Waals surface area contributed by atoms with Crippen molar-refractivity contribution in [2.75, 3.05) is 0 Å². The Morgan fingerprint density at radius 2 is 2.17 bits per heavy atom. The summed E-state index contributed by atoms with van der Waals surface area (Å²) in [6.45, 7) is 0. The Labute approximate surface area is 102 Å². The number of aromatic amines is 1. The molecule has 0 saturated carbocycles. The second-order valence-corrected chi connectivity index (χ2v) is 3.69. The summed E-state index contributed by atoms with van der Waals surface area (Å²) in [6.07, 6.45) is 1.72. The number of aromatic nitrogens is 3. The van der Waals surface area contributed by atoms with Gasteiger partial charge in [0.2, 0.25) is 0 Å². The summed E-state index contributed by atoms with van der Waals surface area (Å²) in [5.74, 6) is 0.698. The summed E-state index contributed by atoms with van der Waals surface area (Å²) in [7, 11) is 0. The number of azide groups is 1. The first-order chi connectivity index (χ1) is 8.86. The molecule has 6 heteroatoms. The van der Waals surface area contributed by atoms with Crippen LogP contribution >= 0.6 is 0 Å². The molecule has 0 aliphatic heterocycles. The van der Waals surface area contributed by atoms with Crippen molar-refractivity contribution in [3.63, 3.8) is 0 Å². The lowest BCUT2D eigenvalue weighted by atomic mass is 10.3. The number of rotatable bonds is 2. The van der Waals surface area contributed by atoms with Gasteiger partial charge in [0.05, 0.1) is 11.0 Å². The zero-order valence-corrected chi connectivity index (χ0v) is 9.28. The number of nitrogens with one attached hydrogen (secondary N) is 1. The highest BCUT2D eigenvalue weighted by molar-refractivity contribution is 5.81. The standard InChI is InChI=1S/C12H8N6/c13-18-17-8-4-5-9-11(7-8)16-12(15-9)10-3-1-2-6-14-10/h1-7H,(H,15,16). The van der Waals surface area contributed by atoms with E-state index < -0.39 is 0 Å². The molecule has 2 aromatic heterocycles.